The molecule has 0 fully saturated rings. The van der Waals surface area contributed by atoms with Gasteiger partial charge in [-0.1, -0.05) is 31.2 Å². The zero-order valence-corrected chi connectivity index (χ0v) is 13.5. The molecule has 0 heterocycles. The minimum atomic E-state index is -0.472. The summed E-state index contributed by atoms with van der Waals surface area (Å²) in [4.78, 5) is 0. The molecule has 0 spiro atoms. The Labute approximate surface area is 119 Å². The van der Waals surface area contributed by atoms with E-state index in [2.05, 4.69) is 37.5 Å². The number of hydrogen-bond donors (Lipinski definition) is 3. The van der Waals surface area contributed by atoms with Gasteiger partial charge in [0.1, 0.15) is 0 Å². The monoisotopic (exact) mass is 268 g/mol. The summed E-state index contributed by atoms with van der Waals surface area (Å²) in [6.07, 6.45) is 8.74. The van der Waals surface area contributed by atoms with Crippen LogP contribution in [0.15, 0.2) is 24.3 Å². The fourth-order valence-corrected chi connectivity index (χ4v) is 2.08. The molecule has 0 aliphatic rings. The lowest BCUT2D eigenvalue weighted by Gasteiger charge is -2.35. The van der Waals surface area contributed by atoms with Gasteiger partial charge in [0.05, 0.1) is 11.6 Å². The van der Waals surface area contributed by atoms with Crippen LogP contribution in [-0.4, -0.2) is 35.4 Å². The fraction of sp³-hybridized carbons (Fsp3) is 0.750. The average molecular weight is 268 g/mol. The van der Waals surface area contributed by atoms with Crippen molar-refractivity contribution < 1.29 is 5.11 Å². The molecule has 0 bridgehead atoms. The summed E-state index contributed by atoms with van der Waals surface area (Å²) in [7, 11) is 0. The molecule has 0 aliphatic carbocycles. The first-order valence-corrected chi connectivity index (χ1v) is 7.27. The van der Waals surface area contributed by atoms with Gasteiger partial charge < -0.3 is 15.7 Å². The van der Waals surface area contributed by atoms with Crippen LogP contribution < -0.4 is 10.6 Å². The molecule has 0 rings (SSSR count). The second-order valence-electron chi connectivity index (χ2n) is 5.83. The quantitative estimate of drug-likeness (QED) is 0.563. The number of hydrogen-bond acceptors (Lipinski definition) is 3. The van der Waals surface area contributed by atoms with E-state index in [1.54, 1.807) is 0 Å². The fourth-order valence-electron chi connectivity index (χ4n) is 2.08. The Bertz CT molecular complexity index is 297. The van der Waals surface area contributed by atoms with Gasteiger partial charge in [-0.05, 0) is 47.6 Å². The van der Waals surface area contributed by atoms with E-state index < -0.39 is 6.10 Å². The molecule has 3 nitrogen and oxygen atoms in total. The van der Waals surface area contributed by atoms with Gasteiger partial charge in [0, 0.05) is 12.1 Å². The summed E-state index contributed by atoms with van der Waals surface area (Å²) in [6, 6.07) is 0. The van der Waals surface area contributed by atoms with Crippen molar-refractivity contribution in [2.45, 2.75) is 65.1 Å². The third-order valence-corrected chi connectivity index (χ3v) is 3.30. The lowest BCUT2D eigenvalue weighted by molar-refractivity contribution is 0.0908. The first kappa shape index (κ1) is 18.4. The van der Waals surface area contributed by atoms with E-state index in [-0.39, 0.29) is 11.1 Å². The highest BCUT2D eigenvalue weighted by molar-refractivity contribution is 5.09. The van der Waals surface area contributed by atoms with Crippen LogP contribution in [0, 0.1) is 0 Å². The summed E-state index contributed by atoms with van der Waals surface area (Å²) in [5.74, 6) is 0. The van der Waals surface area contributed by atoms with Crippen molar-refractivity contribution in [3.05, 3.63) is 24.3 Å². The van der Waals surface area contributed by atoms with Crippen molar-refractivity contribution in [2.24, 2.45) is 0 Å². The van der Waals surface area contributed by atoms with E-state index in [0.29, 0.717) is 6.54 Å². The van der Waals surface area contributed by atoms with Crippen molar-refractivity contribution >= 4 is 0 Å². The zero-order chi connectivity index (χ0) is 14.9. The molecule has 3 heteroatoms. The molecule has 0 radical (unpaired) electrons. The second kappa shape index (κ2) is 8.51. The molecule has 0 amide bonds. The lowest BCUT2D eigenvalue weighted by atomic mass is 9.92. The Morgan fingerprint density at radius 1 is 1.05 bits per heavy atom. The van der Waals surface area contributed by atoms with Crippen molar-refractivity contribution in [3.63, 3.8) is 0 Å². The molecule has 2 unspecified atom stereocenters. The summed E-state index contributed by atoms with van der Waals surface area (Å²) in [6.45, 7) is 13.8. The standard InChI is InChI=1S/C16H32N2O/c1-7-10-15(4,5)18-13-14(19)16(6,11-8-2)17-12-9-3/h7-8,10-11,14,17-19H,9,12-13H2,1-6H3. The predicted molar refractivity (Wildman–Crippen MR) is 84.4 cm³/mol. The van der Waals surface area contributed by atoms with Crippen LogP contribution in [0.25, 0.3) is 0 Å². The maximum Gasteiger partial charge on any atom is 0.0879 e. The van der Waals surface area contributed by atoms with Gasteiger partial charge in [0.25, 0.3) is 0 Å². The molecule has 2 atom stereocenters. The highest BCUT2D eigenvalue weighted by atomic mass is 16.3. The number of nitrogens with one attached hydrogen (secondary N) is 2. The van der Waals surface area contributed by atoms with Crippen LogP contribution >= 0.6 is 0 Å². The molecule has 0 aromatic carbocycles. The molecule has 3 N–H and O–H groups in total. The van der Waals surface area contributed by atoms with E-state index in [1.807, 2.05) is 39.0 Å². The second-order valence-corrected chi connectivity index (χ2v) is 5.83. The number of rotatable bonds is 9. The normalized spacial score (nSPS) is 18.1. The molecule has 0 aromatic heterocycles. The Balaban J connectivity index is 4.60. The van der Waals surface area contributed by atoms with Crippen LogP contribution in [0.3, 0.4) is 0 Å². The third-order valence-electron chi connectivity index (χ3n) is 3.30. The largest absolute Gasteiger partial charge is 0.390 e. The Morgan fingerprint density at radius 3 is 2.11 bits per heavy atom. The molecule has 0 aromatic rings. The molecular formula is C16H32N2O. The van der Waals surface area contributed by atoms with Gasteiger partial charge in [-0.3, -0.25) is 0 Å². The highest BCUT2D eigenvalue weighted by Gasteiger charge is 2.30. The van der Waals surface area contributed by atoms with Crippen LogP contribution in [0.2, 0.25) is 0 Å². The summed E-state index contributed by atoms with van der Waals surface area (Å²) in [5, 5.41) is 17.3. The molecular weight excluding hydrogens is 236 g/mol. The molecule has 0 saturated carbocycles. The minimum absolute atomic E-state index is 0.0999. The topological polar surface area (TPSA) is 44.3 Å². The third kappa shape index (κ3) is 6.90. The SMILES string of the molecule is CC=CC(C)(C)NCC(O)C(C)(C=CC)NCCC. The van der Waals surface area contributed by atoms with Crippen LogP contribution in [0.1, 0.15) is 48.0 Å². The number of aliphatic hydroxyl groups excluding tert-OH is 1. The van der Waals surface area contributed by atoms with E-state index in [1.165, 1.54) is 0 Å². The van der Waals surface area contributed by atoms with E-state index in [0.717, 1.165) is 13.0 Å². The maximum atomic E-state index is 10.5. The molecule has 0 aliphatic heterocycles. The van der Waals surface area contributed by atoms with Crippen molar-refractivity contribution in [1.29, 1.82) is 0 Å². The first-order valence-electron chi connectivity index (χ1n) is 7.27. The predicted octanol–water partition coefficient (Wildman–Crippen LogP) is 2.63. The summed E-state index contributed by atoms with van der Waals surface area (Å²) >= 11 is 0. The van der Waals surface area contributed by atoms with Gasteiger partial charge in [-0.25, -0.2) is 0 Å². The summed E-state index contributed by atoms with van der Waals surface area (Å²) in [5.41, 5.74) is -0.485. The van der Waals surface area contributed by atoms with Gasteiger partial charge >= 0.3 is 0 Å². The zero-order valence-electron chi connectivity index (χ0n) is 13.5. The molecule has 19 heavy (non-hydrogen) atoms. The highest BCUT2D eigenvalue weighted by Crippen LogP contribution is 2.14. The van der Waals surface area contributed by atoms with E-state index in [4.69, 9.17) is 0 Å². The van der Waals surface area contributed by atoms with Gasteiger partial charge in [0.2, 0.25) is 0 Å². The average Bonchev–Trinajstić information content (AvgIpc) is 2.34. The van der Waals surface area contributed by atoms with Crippen LogP contribution in [0.5, 0.6) is 0 Å². The maximum absolute atomic E-state index is 10.5. The van der Waals surface area contributed by atoms with Gasteiger partial charge in [-0.15, -0.1) is 0 Å². The van der Waals surface area contributed by atoms with E-state index in [9.17, 15) is 5.11 Å². The molecule has 0 saturated heterocycles. The van der Waals surface area contributed by atoms with E-state index >= 15 is 0 Å². The number of β-amino-alcohol motifs (C(OH)–C–C–N with tert-alkyl or cyclic N) is 1. The molecule has 112 valence electrons. The smallest absolute Gasteiger partial charge is 0.0879 e. The number of aliphatic hydroxyl groups is 1. The minimum Gasteiger partial charge on any atom is -0.390 e. The van der Waals surface area contributed by atoms with Gasteiger partial charge in [-0.2, -0.15) is 0 Å². The summed E-state index contributed by atoms with van der Waals surface area (Å²) < 4.78 is 0. The van der Waals surface area contributed by atoms with Crippen molar-refractivity contribution in [2.75, 3.05) is 13.1 Å². The Hall–Kier alpha value is -0.640. The van der Waals surface area contributed by atoms with Crippen molar-refractivity contribution in [1.82, 2.24) is 10.6 Å². The van der Waals surface area contributed by atoms with Crippen LogP contribution in [-0.2, 0) is 0 Å². The number of allylic oxidation sites excluding steroid dienone is 2. The Morgan fingerprint density at radius 2 is 1.63 bits per heavy atom. The van der Waals surface area contributed by atoms with Gasteiger partial charge in [0.15, 0.2) is 0 Å². The first-order chi connectivity index (χ1) is 8.81. The lowest BCUT2D eigenvalue weighted by Crippen LogP contribution is -2.56. The van der Waals surface area contributed by atoms with Crippen LogP contribution in [0.4, 0.5) is 0 Å². The Kier molecular flexibility index (Phi) is 8.23. The van der Waals surface area contributed by atoms with Crippen molar-refractivity contribution in [3.8, 4) is 0 Å².